The van der Waals surface area contributed by atoms with Crippen LogP contribution in [0.5, 0.6) is 11.5 Å². The third kappa shape index (κ3) is 5.04. The number of methoxy groups -OCH3 is 1. The average molecular weight is 394 g/mol. The Morgan fingerprint density at radius 1 is 1.11 bits per heavy atom. The lowest BCUT2D eigenvalue weighted by atomic mass is 10.0. The number of thioether (sulfide) groups is 1. The molecule has 0 unspecified atom stereocenters. The number of carbonyl (C=O) groups excluding carboxylic acids is 1. The van der Waals surface area contributed by atoms with Crippen LogP contribution in [0.1, 0.15) is 12.5 Å². The van der Waals surface area contributed by atoms with E-state index in [1.807, 2.05) is 67.6 Å². The SMILES string of the molecule is CCOc1ccc2ccccc2c1/C=N/NC(=O)CSc1ccc(OC)cc1. The first-order valence-corrected chi connectivity index (χ1v) is 9.93. The van der Waals surface area contributed by atoms with Crippen LogP contribution >= 0.6 is 11.8 Å². The Bertz CT molecular complexity index is 971. The Morgan fingerprint density at radius 3 is 2.64 bits per heavy atom. The predicted molar refractivity (Wildman–Crippen MR) is 115 cm³/mol. The second kappa shape index (κ2) is 9.80. The normalized spacial score (nSPS) is 10.9. The Hall–Kier alpha value is -2.99. The zero-order valence-electron chi connectivity index (χ0n) is 15.8. The molecule has 0 spiro atoms. The quantitative estimate of drug-likeness (QED) is 0.347. The van der Waals surface area contributed by atoms with Crippen LogP contribution in [-0.2, 0) is 4.79 Å². The van der Waals surface area contributed by atoms with E-state index in [1.54, 1.807) is 13.3 Å². The monoisotopic (exact) mass is 394 g/mol. The molecule has 3 rings (SSSR count). The molecule has 3 aromatic carbocycles. The maximum atomic E-state index is 12.1. The summed E-state index contributed by atoms with van der Waals surface area (Å²) in [4.78, 5) is 13.1. The average Bonchev–Trinajstić information content (AvgIpc) is 2.74. The molecule has 0 saturated heterocycles. The molecule has 3 aromatic rings. The molecular formula is C22H22N2O3S. The third-order valence-electron chi connectivity index (χ3n) is 4.04. The minimum atomic E-state index is -0.171. The topological polar surface area (TPSA) is 59.9 Å². The van der Waals surface area contributed by atoms with Crippen molar-refractivity contribution in [2.45, 2.75) is 11.8 Å². The Kier molecular flexibility index (Phi) is 6.92. The van der Waals surface area contributed by atoms with Gasteiger partial charge in [0.25, 0.3) is 0 Å². The number of hydrazone groups is 1. The second-order valence-corrected chi connectivity index (χ2v) is 6.94. The van der Waals surface area contributed by atoms with Gasteiger partial charge >= 0.3 is 0 Å². The number of fused-ring (bicyclic) bond motifs is 1. The van der Waals surface area contributed by atoms with Gasteiger partial charge in [-0.2, -0.15) is 5.10 Å². The van der Waals surface area contributed by atoms with Gasteiger partial charge in [0.05, 0.1) is 25.7 Å². The van der Waals surface area contributed by atoms with Crippen molar-refractivity contribution in [3.63, 3.8) is 0 Å². The molecule has 5 nitrogen and oxygen atoms in total. The molecular weight excluding hydrogens is 372 g/mol. The largest absolute Gasteiger partial charge is 0.497 e. The summed E-state index contributed by atoms with van der Waals surface area (Å²) < 4.78 is 10.8. The smallest absolute Gasteiger partial charge is 0.250 e. The van der Waals surface area contributed by atoms with Gasteiger partial charge < -0.3 is 9.47 Å². The molecule has 0 radical (unpaired) electrons. The van der Waals surface area contributed by atoms with Gasteiger partial charge in [0.2, 0.25) is 5.91 Å². The Labute approximate surface area is 168 Å². The summed E-state index contributed by atoms with van der Waals surface area (Å²) in [5, 5.41) is 6.25. The molecule has 1 N–H and O–H groups in total. The molecule has 0 aliphatic heterocycles. The Morgan fingerprint density at radius 2 is 1.89 bits per heavy atom. The number of carbonyl (C=O) groups is 1. The van der Waals surface area contributed by atoms with Crippen molar-refractivity contribution in [3.05, 3.63) is 66.2 Å². The lowest BCUT2D eigenvalue weighted by Gasteiger charge is -2.10. The summed E-state index contributed by atoms with van der Waals surface area (Å²) in [6.07, 6.45) is 1.64. The number of benzene rings is 3. The molecule has 28 heavy (non-hydrogen) atoms. The zero-order chi connectivity index (χ0) is 19.8. The fourth-order valence-corrected chi connectivity index (χ4v) is 3.40. The first kappa shape index (κ1) is 19.8. The van der Waals surface area contributed by atoms with Crippen LogP contribution in [0.25, 0.3) is 10.8 Å². The van der Waals surface area contributed by atoms with Crippen molar-refractivity contribution in [1.29, 1.82) is 0 Å². The predicted octanol–water partition coefficient (Wildman–Crippen LogP) is 4.49. The fraction of sp³-hybridized carbons (Fsp3) is 0.182. The van der Waals surface area contributed by atoms with Gasteiger partial charge in [-0.1, -0.05) is 30.3 Å². The van der Waals surface area contributed by atoms with Crippen molar-refractivity contribution >= 4 is 34.7 Å². The highest BCUT2D eigenvalue weighted by Crippen LogP contribution is 2.26. The van der Waals surface area contributed by atoms with Gasteiger partial charge in [-0.25, -0.2) is 5.43 Å². The van der Waals surface area contributed by atoms with Gasteiger partial charge in [0.15, 0.2) is 0 Å². The van der Waals surface area contributed by atoms with Crippen molar-refractivity contribution in [3.8, 4) is 11.5 Å². The maximum Gasteiger partial charge on any atom is 0.250 e. The van der Waals surface area contributed by atoms with Crippen molar-refractivity contribution < 1.29 is 14.3 Å². The number of amides is 1. The molecule has 0 aliphatic rings. The highest BCUT2D eigenvalue weighted by atomic mass is 32.2. The molecule has 0 fully saturated rings. The third-order valence-corrected chi connectivity index (χ3v) is 5.05. The second-order valence-electron chi connectivity index (χ2n) is 5.89. The number of rotatable bonds is 8. The van der Waals surface area contributed by atoms with E-state index in [9.17, 15) is 4.79 Å². The standard InChI is InChI=1S/C22H22N2O3S/c1-3-27-21-13-8-16-6-4-5-7-19(16)20(21)14-23-24-22(25)15-28-18-11-9-17(26-2)10-12-18/h4-14H,3,15H2,1-2H3,(H,24,25)/b23-14+. The molecule has 144 valence electrons. The van der Waals surface area contributed by atoms with Crippen molar-refractivity contribution in [1.82, 2.24) is 5.43 Å². The van der Waals surface area contributed by atoms with E-state index in [2.05, 4.69) is 10.5 Å². The van der Waals surface area contributed by atoms with Gasteiger partial charge in [-0.05, 0) is 48.0 Å². The number of nitrogens with zero attached hydrogens (tertiary/aromatic N) is 1. The number of hydrogen-bond acceptors (Lipinski definition) is 5. The van der Waals surface area contributed by atoms with E-state index in [4.69, 9.17) is 9.47 Å². The lowest BCUT2D eigenvalue weighted by Crippen LogP contribution is -2.19. The highest BCUT2D eigenvalue weighted by Gasteiger charge is 2.07. The van der Waals surface area contributed by atoms with E-state index in [0.717, 1.165) is 32.7 Å². The maximum absolute atomic E-state index is 12.1. The first-order chi connectivity index (χ1) is 13.7. The molecule has 0 aromatic heterocycles. The van der Waals surface area contributed by atoms with E-state index in [1.165, 1.54) is 11.8 Å². The number of hydrogen-bond donors (Lipinski definition) is 1. The zero-order valence-corrected chi connectivity index (χ0v) is 16.7. The molecule has 0 bridgehead atoms. The highest BCUT2D eigenvalue weighted by molar-refractivity contribution is 8.00. The summed E-state index contributed by atoms with van der Waals surface area (Å²) in [7, 11) is 1.63. The first-order valence-electron chi connectivity index (χ1n) is 8.94. The van der Waals surface area contributed by atoms with Crippen molar-refractivity contribution in [2.24, 2.45) is 5.10 Å². The van der Waals surface area contributed by atoms with Crippen LogP contribution in [0, 0.1) is 0 Å². The number of ether oxygens (including phenoxy) is 2. The fourth-order valence-electron chi connectivity index (χ4n) is 2.71. The number of nitrogens with one attached hydrogen (secondary N) is 1. The van der Waals surface area contributed by atoms with Gasteiger partial charge in [-0.3, -0.25) is 4.79 Å². The summed E-state index contributed by atoms with van der Waals surface area (Å²) in [5.74, 6) is 1.64. The molecule has 6 heteroatoms. The van der Waals surface area contributed by atoms with Crippen LogP contribution in [0.15, 0.2) is 70.7 Å². The molecule has 1 amide bonds. The lowest BCUT2D eigenvalue weighted by molar-refractivity contribution is -0.118. The summed E-state index contributed by atoms with van der Waals surface area (Å²) >= 11 is 1.44. The molecule has 0 heterocycles. The molecule has 0 aliphatic carbocycles. The molecule has 0 atom stereocenters. The molecule has 0 saturated carbocycles. The van der Waals surface area contributed by atoms with Crippen LogP contribution in [-0.4, -0.2) is 31.6 Å². The van der Waals surface area contributed by atoms with E-state index >= 15 is 0 Å². The van der Waals surface area contributed by atoms with E-state index < -0.39 is 0 Å². The van der Waals surface area contributed by atoms with Gasteiger partial charge in [0.1, 0.15) is 11.5 Å². The van der Waals surface area contributed by atoms with Gasteiger partial charge in [-0.15, -0.1) is 11.8 Å². The van der Waals surface area contributed by atoms with E-state index in [0.29, 0.717) is 6.61 Å². The van der Waals surface area contributed by atoms with Gasteiger partial charge in [0, 0.05) is 10.5 Å². The van der Waals surface area contributed by atoms with Crippen molar-refractivity contribution in [2.75, 3.05) is 19.5 Å². The summed E-state index contributed by atoms with van der Waals surface area (Å²) in [5.41, 5.74) is 3.44. The van der Waals surface area contributed by atoms with Crippen LogP contribution < -0.4 is 14.9 Å². The minimum Gasteiger partial charge on any atom is -0.497 e. The Balaban J connectivity index is 1.64. The van der Waals surface area contributed by atoms with E-state index in [-0.39, 0.29) is 11.7 Å². The van der Waals surface area contributed by atoms with Crippen LogP contribution in [0.2, 0.25) is 0 Å². The summed E-state index contributed by atoms with van der Waals surface area (Å²) in [6, 6.07) is 19.5. The van der Waals surface area contributed by atoms with Crippen LogP contribution in [0.4, 0.5) is 0 Å². The minimum absolute atomic E-state index is 0.171. The summed E-state index contributed by atoms with van der Waals surface area (Å²) in [6.45, 7) is 2.50. The van der Waals surface area contributed by atoms with Crippen LogP contribution in [0.3, 0.4) is 0 Å².